The summed E-state index contributed by atoms with van der Waals surface area (Å²) in [5.74, 6) is 0. The van der Waals surface area contributed by atoms with Crippen molar-refractivity contribution in [3.8, 4) is 0 Å². The van der Waals surface area contributed by atoms with Crippen molar-refractivity contribution in [1.29, 1.82) is 0 Å². The highest BCUT2D eigenvalue weighted by Crippen LogP contribution is 2.00. The highest BCUT2D eigenvalue weighted by Gasteiger charge is 1.80. The molecule has 0 atom stereocenters. The second-order valence-corrected chi connectivity index (χ2v) is 4.23. The third-order valence-corrected chi connectivity index (χ3v) is 2.55. The van der Waals surface area contributed by atoms with E-state index in [1.54, 1.807) is 0 Å². The van der Waals surface area contributed by atoms with Gasteiger partial charge >= 0.3 is 0 Å². The summed E-state index contributed by atoms with van der Waals surface area (Å²) < 4.78 is 0. The van der Waals surface area contributed by atoms with Crippen LogP contribution in [0.25, 0.3) is 0 Å². The van der Waals surface area contributed by atoms with Crippen molar-refractivity contribution in [2.24, 2.45) is 0 Å². The zero-order valence-corrected chi connectivity index (χ0v) is 11.1. The van der Waals surface area contributed by atoms with Crippen LogP contribution in [0.4, 0.5) is 0 Å². The minimum Gasteiger partial charge on any atom is -0.0845 e. The molecule has 16 heavy (non-hydrogen) atoms. The fourth-order valence-corrected chi connectivity index (χ4v) is 1.50. The highest BCUT2D eigenvalue weighted by molar-refractivity contribution is 5.10. The second kappa shape index (κ2) is 14.2. The van der Waals surface area contributed by atoms with Crippen LogP contribution >= 0.6 is 0 Å². The van der Waals surface area contributed by atoms with Gasteiger partial charge in [-0.2, -0.15) is 0 Å². The van der Waals surface area contributed by atoms with Gasteiger partial charge in [-0.05, 0) is 25.7 Å². The summed E-state index contributed by atoms with van der Waals surface area (Å²) in [5, 5.41) is 0. The molecular weight excluding hydrogens is 192 g/mol. The minimum absolute atomic E-state index is 1.22. The molecule has 0 aliphatic heterocycles. The Morgan fingerprint density at radius 2 is 1.00 bits per heavy atom. The molecule has 0 N–H and O–H groups in total. The molecule has 0 heteroatoms. The summed E-state index contributed by atoms with van der Waals surface area (Å²) in [7, 11) is 0. The topological polar surface area (TPSA) is 0 Å². The van der Waals surface area contributed by atoms with E-state index >= 15 is 0 Å². The van der Waals surface area contributed by atoms with Crippen LogP contribution in [0, 0.1) is 0 Å². The summed E-state index contributed by atoms with van der Waals surface area (Å²) >= 11 is 0. The van der Waals surface area contributed by atoms with Crippen molar-refractivity contribution >= 4 is 0 Å². The monoisotopic (exact) mass is 220 g/mol. The van der Waals surface area contributed by atoms with Gasteiger partial charge in [-0.1, -0.05) is 76.0 Å². The molecule has 0 saturated carbocycles. The molecule has 0 rings (SSSR count). The first-order chi connectivity index (χ1) is 7.91. The van der Waals surface area contributed by atoms with Crippen LogP contribution in [0.2, 0.25) is 0 Å². The van der Waals surface area contributed by atoms with Crippen molar-refractivity contribution < 1.29 is 0 Å². The van der Waals surface area contributed by atoms with Gasteiger partial charge in [-0.3, -0.25) is 0 Å². The Kier molecular flexibility index (Phi) is 13.5. The van der Waals surface area contributed by atoms with Crippen LogP contribution in [0.3, 0.4) is 0 Å². The molecule has 0 bridgehead atoms. The van der Waals surface area contributed by atoms with Gasteiger partial charge in [0.25, 0.3) is 0 Å². The lowest BCUT2D eigenvalue weighted by Gasteiger charge is -1.90. The third-order valence-electron chi connectivity index (χ3n) is 2.55. The molecule has 92 valence electrons. The fourth-order valence-electron chi connectivity index (χ4n) is 1.50. The standard InChI is InChI=1S/C16H28/c1-3-5-7-9-11-13-15-16-14-12-10-8-6-4-2/h11-16H,3-10H2,1-2H3/b13-11+,14-12+,16-15-. The Labute approximate surface area is 102 Å². The van der Waals surface area contributed by atoms with E-state index in [-0.39, 0.29) is 0 Å². The summed E-state index contributed by atoms with van der Waals surface area (Å²) in [6.07, 6.45) is 23.5. The van der Waals surface area contributed by atoms with E-state index in [1.165, 1.54) is 51.4 Å². The molecule has 0 radical (unpaired) electrons. The normalized spacial score (nSPS) is 12.4. The summed E-state index contributed by atoms with van der Waals surface area (Å²) in [6, 6.07) is 0. The molecular formula is C16H28. The molecule has 0 amide bonds. The van der Waals surface area contributed by atoms with Gasteiger partial charge < -0.3 is 0 Å². The predicted octanol–water partition coefficient (Wildman–Crippen LogP) is 5.82. The van der Waals surface area contributed by atoms with Crippen molar-refractivity contribution in [2.75, 3.05) is 0 Å². The first-order valence-corrected chi connectivity index (χ1v) is 6.90. The minimum atomic E-state index is 1.22. The third kappa shape index (κ3) is 13.2. The van der Waals surface area contributed by atoms with Crippen LogP contribution in [0.5, 0.6) is 0 Å². The number of hydrogen-bond acceptors (Lipinski definition) is 0. The maximum Gasteiger partial charge on any atom is -0.0348 e. The van der Waals surface area contributed by atoms with Crippen LogP contribution in [0.1, 0.15) is 65.2 Å². The van der Waals surface area contributed by atoms with Gasteiger partial charge in [-0.15, -0.1) is 0 Å². The zero-order chi connectivity index (χ0) is 11.9. The Morgan fingerprint density at radius 3 is 1.38 bits per heavy atom. The van der Waals surface area contributed by atoms with Crippen molar-refractivity contribution in [3.05, 3.63) is 36.5 Å². The van der Waals surface area contributed by atoms with Gasteiger partial charge in [-0.25, -0.2) is 0 Å². The average Bonchev–Trinajstić information content (AvgIpc) is 2.31. The number of allylic oxidation sites excluding steroid dienone is 6. The van der Waals surface area contributed by atoms with Crippen molar-refractivity contribution in [2.45, 2.75) is 65.2 Å². The molecule has 0 aromatic carbocycles. The Hall–Kier alpha value is -0.780. The second-order valence-electron chi connectivity index (χ2n) is 4.23. The van der Waals surface area contributed by atoms with Gasteiger partial charge in [0.05, 0.1) is 0 Å². The SMILES string of the molecule is CCCCC/C=C/C=C\C=C\CCCCC. The number of hydrogen-bond donors (Lipinski definition) is 0. The predicted molar refractivity (Wildman–Crippen MR) is 75.7 cm³/mol. The number of rotatable bonds is 10. The van der Waals surface area contributed by atoms with E-state index in [1.807, 2.05) is 0 Å². The zero-order valence-electron chi connectivity index (χ0n) is 11.1. The first kappa shape index (κ1) is 15.2. The Morgan fingerprint density at radius 1 is 0.562 bits per heavy atom. The largest absolute Gasteiger partial charge is 0.0845 e. The summed E-state index contributed by atoms with van der Waals surface area (Å²) in [5.41, 5.74) is 0. The van der Waals surface area contributed by atoms with Gasteiger partial charge in [0, 0.05) is 0 Å². The quantitative estimate of drug-likeness (QED) is 0.321. The number of unbranched alkanes of at least 4 members (excludes halogenated alkanes) is 6. The fraction of sp³-hybridized carbons (Fsp3) is 0.625. The van der Waals surface area contributed by atoms with Crippen LogP contribution in [-0.2, 0) is 0 Å². The molecule has 0 aliphatic carbocycles. The molecule has 0 nitrogen and oxygen atoms in total. The van der Waals surface area contributed by atoms with Crippen LogP contribution in [-0.4, -0.2) is 0 Å². The molecule has 0 heterocycles. The maximum absolute atomic E-state index is 2.26. The highest BCUT2D eigenvalue weighted by atomic mass is 13.9. The lowest BCUT2D eigenvalue weighted by atomic mass is 10.2. The Bertz CT molecular complexity index is 174. The van der Waals surface area contributed by atoms with Gasteiger partial charge in [0.2, 0.25) is 0 Å². The molecule has 0 spiro atoms. The first-order valence-electron chi connectivity index (χ1n) is 6.90. The molecule has 0 aromatic rings. The maximum atomic E-state index is 2.26. The Balaban J connectivity index is 3.31. The van der Waals surface area contributed by atoms with Crippen molar-refractivity contribution in [3.63, 3.8) is 0 Å². The lowest BCUT2D eigenvalue weighted by Crippen LogP contribution is -1.70. The average molecular weight is 220 g/mol. The van der Waals surface area contributed by atoms with Crippen molar-refractivity contribution in [1.82, 2.24) is 0 Å². The molecule has 0 aromatic heterocycles. The summed E-state index contributed by atoms with van der Waals surface area (Å²) in [4.78, 5) is 0. The van der Waals surface area contributed by atoms with Gasteiger partial charge in [0.15, 0.2) is 0 Å². The summed E-state index contributed by atoms with van der Waals surface area (Å²) in [6.45, 7) is 4.49. The van der Waals surface area contributed by atoms with E-state index < -0.39 is 0 Å². The van der Waals surface area contributed by atoms with E-state index in [0.717, 1.165) is 0 Å². The molecule has 0 fully saturated rings. The molecule has 0 aliphatic rings. The van der Waals surface area contributed by atoms with Crippen LogP contribution < -0.4 is 0 Å². The van der Waals surface area contributed by atoms with E-state index in [9.17, 15) is 0 Å². The van der Waals surface area contributed by atoms with E-state index in [0.29, 0.717) is 0 Å². The molecule has 0 saturated heterocycles. The van der Waals surface area contributed by atoms with E-state index in [4.69, 9.17) is 0 Å². The smallest absolute Gasteiger partial charge is 0.0348 e. The molecule has 0 unspecified atom stereocenters. The van der Waals surface area contributed by atoms with E-state index in [2.05, 4.69) is 50.3 Å². The lowest BCUT2D eigenvalue weighted by molar-refractivity contribution is 0.729. The van der Waals surface area contributed by atoms with Crippen LogP contribution in [0.15, 0.2) is 36.5 Å². The van der Waals surface area contributed by atoms with Gasteiger partial charge in [0.1, 0.15) is 0 Å².